The Morgan fingerprint density at radius 2 is 2.38 bits per heavy atom. The number of nitrogen functional groups attached to an aromatic ring is 1. The summed E-state index contributed by atoms with van der Waals surface area (Å²) in [4.78, 5) is 4.14. The number of rotatable bonds is 2. The van der Waals surface area contributed by atoms with Gasteiger partial charge in [-0.15, -0.1) is 0 Å². The van der Waals surface area contributed by atoms with Gasteiger partial charge in [-0.1, -0.05) is 6.07 Å². The highest BCUT2D eigenvalue weighted by atomic mass is 32.1. The fraction of sp³-hybridized carbons (Fsp3) is 0.273. The molecular weight excluding hydrogens is 220 g/mol. The van der Waals surface area contributed by atoms with Gasteiger partial charge in [-0.05, 0) is 36.1 Å². The summed E-state index contributed by atoms with van der Waals surface area (Å²) in [5.74, 6) is 0. The molecule has 1 aliphatic rings. The largest absolute Gasteiger partial charge is 0.399 e. The summed E-state index contributed by atoms with van der Waals surface area (Å²) in [6, 6.07) is 6.48. The first-order valence-electron chi connectivity index (χ1n) is 5.24. The average Bonchev–Trinajstić information content (AvgIpc) is 2.89. The molecule has 82 valence electrons. The molecule has 0 spiro atoms. The van der Waals surface area contributed by atoms with E-state index in [0.717, 1.165) is 23.7 Å². The molecule has 1 aromatic heterocycles. The van der Waals surface area contributed by atoms with Gasteiger partial charge in [0, 0.05) is 17.2 Å². The lowest BCUT2D eigenvalue weighted by molar-refractivity contribution is 0.761. The van der Waals surface area contributed by atoms with E-state index in [9.17, 15) is 0 Å². The van der Waals surface area contributed by atoms with Gasteiger partial charge in [0.15, 0.2) is 0 Å². The van der Waals surface area contributed by atoms with Crippen molar-refractivity contribution in [3.63, 3.8) is 0 Å². The Kier molecular flexibility index (Phi) is 2.25. The zero-order valence-corrected chi connectivity index (χ0v) is 9.50. The van der Waals surface area contributed by atoms with Crippen molar-refractivity contribution in [1.29, 1.82) is 0 Å². The molecule has 0 amide bonds. The zero-order valence-electron chi connectivity index (χ0n) is 8.68. The quantitative estimate of drug-likeness (QED) is 0.779. The number of aromatic nitrogens is 2. The molecule has 0 saturated carbocycles. The highest BCUT2D eigenvalue weighted by molar-refractivity contribution is 7.09. The molecule has 0 bridgehead atoms. The van der Waals surface area contributed by atoms with Crippen LogP contribution in [0.4, 0.5) is 10.8 Å². The van der Waals surface area contributed by atoms with Gasteiger partial charge in [0.25, 0.3) is 0 Å². The predicted octanol–water partition coefficient (Wildman–Crippen LogP) is 2.22. The molecule has 4 nitrogen and oxygen atoms in total. The maximum Gasteiger partial charge on any atom is 0.202 e. The number of anilines is 2. The van der Waals surface area contributed by atoms with Crippen molar-refractivity contribution in [1.82, 2.24) is 9.36 Å². The van der Waals surface area contributed by atoms with Gasteiger partial charge in [0.05, 0.1) is 6.04 Å². The second-order valence-corrected chi connectivity index (χ2v) is 4.72. The van der Waals surface area contributed by atoms with Crippen LogP contribution in [0.5, 0.6) is 0 Å². The lowest BCUT2D eigenvalue weighted by Gasteiger charge is -2.12. The minimum Gasteiger partial charge on any atom is -0.399 e. The Morgan fingerprint density at radius 1 is 1.44 bits per heavy atom. The maximum atomic E-state index is 5.77. The Bertz CT molecular complexity index is 495. The van der Waals surface area contributed by atoms with Gasteiger partial charge < -0.3 is 11.1 Å². The smallest absolute Gasteiger partial charge is 0.202 e. The normalized spacial score (nSPS) is 18.4. The fourth-order valence-corrected chi connectivity index (χ4v) is 2.66. The van der Waals surface area contributed by atoms with E-state index in [1.165, 1.54) is 22.7 Å². The summed E-state index contributed by atoms with van der Waals surface area (Å²) in [6.45, 7) is 0. The molecule has 0 saturated heterocycles. The number of nitrogens with one attached hydrogen (secondary N) is 1. The van der Waals surface area contributed by atoms with Crippen LogP contribution in [0.3, 0.4) is 0 Å². The van der Waals surface area contributed by atoms with E-state index in [1.807, 2.05) is 6.07 Å². The van der Waals surface area contributed by atoms with Gasteiger partial charge in [-0.3, -0.25) is 0 Å². The molecular formula is C11H12N4S. The number of hydrogen-bond donors (Lipinski definition) is 2. The Balaban J connectivity index is 1.86. The Hall–Kier alpha value is -1.62. The second-order valence-electron chi connectivity index (χ2n) is 3.94. The van der Waals surface area contributed by atoms with Crippen LogP contribution in [-0.4, -0.2) is 9.36 Å². The van der Waals surface area contributed by atoms with E-state index in [-0.39, 0.29) is 0 Å². The molecule has 3 rings (SSSR count). The maximum absolute atomic E-state index is 5.77. The van der Waals surface area contributed by atoms with Gasteiger partial charge in [-0.25, -0.2) is 4.98 Å². The third kappa shape index (κ3) is 1.63. The van der Waals surface area contributed by atoms with E-state index in [4.69, 9.17) is 5.73 Å². The summed E-state index contributed by atoms with van der Waals surface area (Å²) in [7, 11) is 0. The number of benzene rings is 1. The highest BCUT2D eigenvalue weighted by Crippen LogP contribution is 2.34. The average molecular weight is 232 g/mol. The standard InChI is InChI=1S/C11H12N4S/c12-8-2-3-9-7(5-8)1-4-10(9)15-11-13-6-14-16-11/h2-3,5-6,10H,1,4,12H2,(H,13,14,15). The molecule has 1 atom stereocenters. The molecule has 0 aliphatic heterocycles. The number of fused-ring (bicyclic) bond motifs is 1. The lowest BCUT2D eigenvalue weighted by Crippen LogP contribution is -2.06. The van der Waals surface area contributed by atoms with Crippen LogP contribution >= 0.6 is 11.5 Å². The SMILES string of the molecule is Nc1ccc2c(c1)CCC2Nc1ncns1. The topological polar surface area (TPSA) is 63.8 Å². The Morgan fingerprint density at radius 3 is 3.19 bits per heavy atom. The van der Waals surface area contributed by atoms with Crippen molar-refractivity contribution in [3.05, 3.63) is 35.7 Å². The van der Waals surface area contributed by atoms with Crippen molar-refractivity contribution in [2.75, 3.05) is 11.1 Å². The first kappa shape index (κ1) is 9.59. The Labute approximate surface area is 97.7 Å². The molecule has 0 radical (unpaired) electrons. The first-order valence-corrected chi connectivity index (χ1v) is 6.02. The summed E-state index contributed by atoms with van der Waals surface area (Å²) < 4.78 is 3.98. The van der Waals surface area contributed by atoms with E-state index < -0.39 is 0 Å². The molecule has 16 heavy (non-hydrogen) atoms. The van der Waals surface area contributed by atoms with Crippen molar-refractivity contribution in [2.45, 2.75) is 18.9 Å². The van der Waals surface area contributed by atoms with Crippen LogP contribution in [0.1, 0.15) is 23.6 Å². The van der Waals surface area contributed by atoms with Crippen molar-refractivity contribution < 1.29 is 0 Å². The molecule has 1 unspecified atom stereocenters. The van der Waals surface area contributed by atoms with E-state index >= 15 is 0 Å². The van der Waals surface area contributed by atoms with E-state index in [1.54, 1.807) is 6.33 Å². The molecule has 5 heteroatoms. The zero-order chi connectivity index (χ0) is 11.0. The number of aryl methyl sites for hydroxylation is 1. The molecule has 1 aliphatic carbocycles. The summed E-state index contributed by atoms with van der Waals surface area (Å²) in [5, 5.41) is 4.28. The van der Waals surface area contributed by atoms with Gasteiger partial charge in [0.2, 0.25) is 5.13 Å². The number of nitrogens with two attached hydrogens (primary N) is 1. The number of hydrogen-bond acceptors (Lipinski definition) is 5. The van der Waals surface area contributed by atoms with Gasteiger partial charge in [-0.2, -0.15) is 4.37 Å². The van der Waals surface area contributed by atoms with Crippen LogP contribution in [0.25, 0.3) is 0 Å². The van der Waals surface area contributed by atoms with E-state index in [0.29, 0.717) is 6.04 Å². The van der Waals surface area contributed by atoms with Crippen molar-refractivity contribution in [2.24, 2.45) is 0 Å². The molecule has 2 aromatic rings. The monoisotopic (exact) mass is 232 g/mol. The van der Waals surface area contributed by atoms with Crippen LogP contribution in [0.15, 0.2) is 24.5 Å². The molecule has 1 heterocycles. The summed E-state index contributed by atoms with van der Waals surface area (Å²) >= 11 is 1.39. The van der Waals surface area contributed by atoms with Crippen LogP contribution in [-0.2, 0) is 6.42 Å². The third-order valence-corrected chi connectivity index (χ3v) is 3.50. The molecule has 3 N–H and O–H groups in total. The van der Waals surface area contributed by atoms with Crippen LogP contribution < -0.4 is 11.1 Å². The number of nitrogens with zero attached hydrogens (tertiary/aromatic N) is 2. The molecule has 1 aromatic carbocycles. The summed E-state index contributed by atoms with van der Waals surface area (Å²) in [6.07, 6.45) is 3.75. The van der Waals surface area contributed by atoms with Crippen LogP contribution in [0.2, 0.25) is 0 Å². The highest BCUT2D eigenvalue weighted by Gasteiger charge is 2.22. The minimum atomic E-state index is 0.351. The van der Waals surface area contributed by atoms with E-state index in [2.05, 4.69) is 26.8 Å². The second kappa shape index (κ2) is 3.75. The predicted molar refractivity (Wildman–Crippen MR) is 65.4 cm³/mol. The van der Waals surface area contributed by atoms with Gasteiger partial charge >= 0.3 is 0 Å². The van der Waals surface area contributed by atoms with Gasteiger partial charge in [0.1, 0.15) is 6.33 Å². The lowest BCUT2D eigenvalue weighted by atomic mass is 10.1. The summed E-state index contributed by atoms with van der Waals surface area (Å²) in [5.41, 5.74) is 9.30. The molecule has 0 fully saturated rings. The van der Waals surface area contributed by atoms with Crippen molar-refractivity contribution in [3.8, 4) is 0 Å². The fourth-order valence-electron chi connectivity index (χ4n) is 2.17. The third-order valence-electron chi connectivity index (χ3n) is 2.90. The minimum absolute atomic E-state index is 0.351. The van der Waals surface area contributed by atoms with Crippen molar-refractivity contribution >= 4 is 22.4 Å². The van der Waals surface area contributed by atoms with Crippen LogP contribution in [0, 0.1) is 0 Å². The first-order chi connectivity index (χ1) is 7.83.